The zero-order valence-electron chi connectivity index (χ0n) is 11.0. The molecule has 116 valence electrons. The molecule has 0 spiro atoms. The number of carboxylic acids is 1. The summed E-state index contributed by atoms with van der Waals surface area (Å²) in [6, 6.07) is 4.27. The Bertz CT molecular complexity index is 601. The molecule has 0 bridgehead atoms. The van der Waals surface area contributed by atoms with Crippen molar-refractivity contribution in [2.75, 3.05) is 13.1 Å². The smallest absolute Gasteiger partial charge is 0.305 e. The van der Waals surface area contributed by atoms with Crippen molar-refractivity contribution < 1.29 is 27.5 Å². The summed E-state index contributed by atoms with van der Waals surface area (Å²) in [5.74, 6) is -2.04. The monoisotopic (exact) mass is 318 g/mol. The Morgan fingerprint density at radius 1 is 1.10 bits per heavy atom. The Morgan fingerprint density at radius 2 is 1.71 bits per heavy atom. The van der Waals surface area contributed by atoms with Gasteiger partial charge in [0.15, 0.2) is 0 Å². The van der Waals surface area contributed by atoms with Crippen molar-refractivity contribution in [3.8, 4) is 0 Å². The molecule has 9 heteroatoms. The van der Waals surface area contributed by atoms with Gasteiger partial charge in [-0.1, -0.05) is 0 Å². The number of benzene rings is 1. The third-order valence-electron chi connectivity index (χ3n) is 2.43. The van der Waals surface area contributed by atoms with E-state index >= 15 is 0 Å². The van der Waals surface area contributed by atoms with E-state index in [0.717, 1.165) is 24.3 Å². The SMILES string of the molecule is O=C(O)CCNC(=O)CCNS(=O)(=O)c1ccc(F)cc1. The largest absolute Gasteiger partial charge is 0.481 e. The molecule has 0 aliphatic rings. The molecule has 0 radical (unpaired) electrons. The van der Waals surface area contributed by atoms with E-state index in [1.807, 2.05) is 0 Å². The van der Waals surface area contributed by atoms with Crippen molar-refractivity contribution >= 4 is 21.9 Å². The van der Waals surface area contributed by atoms with Crippen LogP contribution in [0.4, 0.5) is 4.39 Å². The predicted molar refractivity (Wildman–Crippen MR) is 71.5 cm³/mol. The summed E-state index contributed by atoms with van der Waals surface area (Å²) in [5, 5.41) is 10.7. The Kier molecular flexibility index (Phi) is 6.25. The molecule has 0 saturated carbocycles. The number of carbonyl (C=O) groups is 2. The first kappa shape index (κ1) is 17.1. The molecule has 0 unspecified atom stereocenters. The van der Waals surface area contributed by atoms with Gasteiger partial charge in [0.25, 0.3) is 0 Å². The molecule has 3 N–H and O–H groups in total. The van der Waals surface area contributed by atoms with Crippen LogP contribution in [0.15, 0.2) is 29.2 Å². The fourth-order valence-electron chi connectivity index (χ4n) is 1.39. The van der Waals surface area contributed by atoms with Crippen molar-refractivity contribution in [2.24, 2.45) is 0 Å². The van der Waals surface area contributed by atoms with E-state index in [-0.39, 0.29) is 30.8 Å². The van der Waals surface area contributed by atoms with E-state index < -0.39 is 27.7 Å². The van der Waals surface area contributed by atoms with Crippen LogP contribution in [-0.4, -0.2) is 38.5 Å². The Morgan fingerprint density at radius 3 is 2.29 bits per heavy atom. The zero-order chi connectivity index (χ0) is 15.9. The Labute approximate surface area is 121 Å². The fourth-order valence-corrected chi connectivity index (χ4v) is 2.43. The molecule has 0 saturated heterocycles. The van der Waals surface area contributed by atoms with E-state index in [1.165, 1.54) is 0 Å². The van der Waals surface area contributed by atoms with E-state index in [4.69, 9.17) is 5.11 Å². The van der Waals surface area contributed by atoms with Crippen LogP contribution >= 0.6 is 0 Å². The molecule has 0 aliphatic carbocycles. The lowest BCUT2D eigenvalue weighted by Crippen LogP contribution is -2.31. The molecular weight excluding hydrogens is 303 g/mol. The minimum absolute atomic E-state index is 0.0150. The molecule has 0 heterocycles. The van der Waals surface area contributed by atoms with Crippen LogP contribution in [-0.2, 0) is 19.6 Å². The van der Waals surface area contributed by atoms with Crippen LogP contribution in [0.5, 0.6) is 0 Å². The number of hydrogen-bond donors (Lipinski definition) is 3. The average Bonchev–Trinajstić information content (AvgIpc) is 2.38. The molecule has 0 aliphatic heterocycles. The molecule has 21 heavy (non-hydrogen) atoms. The highest BCUT2D eigenvalue weighted by molar-refractivity contribution is 7.89. The first-order valence-electron chi connectivity index (χ1n) is 6.05. The van der Waals surface area contributed by atoms with Crippen molar-refractivity contribution in [3.63, 3.8) is 0 Å². The number of halogens is 1. The topological polar surface area (TPSA) is 113 Å². The van der Waals surface area contributed by atoms with Crippen molar-refractivity contribution in [2.45, 2.75) is 17.7 Å². The van der Waals surface area contributed by atoms with Gasteiger partial charge in [0, 0.05) is 19.5 Å². The normalized spacial score (nSPS) is 11.1. The van der Waals surface area contributed by atoms with E-state index in [2.05, 4.69) is 10.0 Å². The molecule has 0 aromatic heterocycles. The number of carboxylic acid groups (broad SMARTS) is 1. The minimum Gasteiger partial charge on any atom is -0.481 e. The second-order valence-electron chi connectivity index (χ2n) is 4.10. The van der Waals surface area contributed by atoms with Crippen LogP contribution in [0, 0.1) is 5.82 Å². The maximum absolute atomic E-state index is 12.7. The Hall–Kier alpha value is -2.00. The lowest BCUT2D eigenvalue weighted by atomic mass is 10.3. The maximum atomic E-state index is 12.7. The van der Waals surface area contributed by atoms with Crippen LogP contribution in [0.3, 0.4) is 0 Å². The van der Waals surface area contributed by atoms with Crippen LogP contribution in [0.2, 0.25) is 0 Å². The van der Waals surface area contributed by atoms with E-state index in [9.17, 15) is 22.4 Å². The zero-order valence-corrected chi connectivity index (χ0v) is 11.8. The lowest BCUT2D eigenvalue weighted by molar-refractivity contribution is -0.136. The number of sulfonamides is 1. The van der Waals surface area contributed by atoms with E-state index in [1.54, 1.807) is 0 Å². The summed E-state index contributed by atoms with van der Waals surface area (Å²) in [6.45, 7) is -0.155. The maximum Gasteiger partial charge on any atom is 0.305 e. The molecule has 0 atom stereocenters. The number of nitrogens with one attached hydrogen (secondary N) is 2. The first-order chi connectivity index (χ1) is 9.81. The summed E-state index contributed by atoms with van der Waals surface area (Å²) >= 11 is 0. The van der Waals surface area contributed by atoms with Crippen molar-refractivity contribution in [1.29, 1.82) is 0 Å². The van der Waals surface area contributed by atoms with Gasteiger partial charge < -0.3 is 10.4 Å². The van der Waals surface area contributed by atoms with Gasteiger partial charge in [-0.15, -0.1) is 0 Å². The van der Waals surface area contributed by atoms with Crippen LogP contribution < -0.4 is 10.0 Å². The van der Waals surface area contributed by atoms with Gasteiger partial charge in [0.05, 0.1) is 11.3 Å². The molecule has 1 rings (SSSR count). The second-order valence-corrected chi connectivity index (χ2v) is 5.86. The number of hydrogen-bond acceptors (Lipinski definition) is 4. The van der Waals surface area contributed by atoms with Gasteiger partial charge in [-0.2, -0.15) is 0 Å². The predicted octanol–water partition coefficient (Wildman–Crippen LogP) is 0.0850. The number of amides is 1. The summed E-state index contributed by atoms with van der Waals surface area (Å²) < 4.78 is 38.5. The van der Waals surface area contributed by atoms with Gasteiger partial charge in [-0.3, -0.25) is 9.59 Å². The summed E-state index contributed by atoms with van der Waals surface area (Å²) in [4.78, 5) is 21.4. The molecule has 1 amide bonds. The highest BCUT2D eigenvalue weighted by Gasteiger charge is 2.14. The van der Waals surface area contributed by atoms with Gasteiger partial charge in [-0.25, -0.2) is 17.5 Å². The van der Waals surface area contributed by atoms with Crippen LogP contribution in [0.1, 0.15) is 12.8 Å². The van der Waals surface area contributed by atoms with Gasteiger partial charge in [-0.05, 0) is 24.3 Å². The number of rotatable bonds is 8. The first-order valence-corrected chi connectivity index (χ1v) is 7.53. The third kappa shape index (κ3) is 6.32. The summed E-state index contributed by atoms with van der Waals surface area (Å²) in [5.41, 5.74) is 0. The highest BCUT2D eigenvalue weighted by Crippen LogP contribution is 2.09. The second kappa shape index (κ2) is 7.70. The Balaban J connectivity index is 2.39. The van der Waals surface area contributed by atoms with Crippen molar-refractivity contribution in [1.82, 2.24) is 10.0 Å². The van der Waals surface area contributed by atoms with Crippen LogP contribution in [0.25, 0.3) is 0 Å². The van der Waals surface area contributed by atoms with E-state index in [0.29, 0.717) is 0 Å². The minimum atomic E-state index is -3.80. The third-order valence-corrected chi connectivity index (χ3v) is 3.91. The molecular formula is C12H15FN2O5S. The molecule has 1 aromatic rings. The van der Waals surface area contributed by atoms with Gasteiger partial charge in [0.1, 0.15) is 5.82 Å². The van der Waals surface area contributed by atoms with Gasteiger partial charge in [0.2, 0.25) is 15.9 Å². The summed E-state index contributed by atoms with van der Waals surface area (Å²) in [6.07, 6.45) is -0.326. The fraction of sp³-hybridized carbons (Fsp3) is 0.333. The van der Waals surface area contributed by atoms with Gasteiger partial charge >= 0.3 is 5.97 Å². The highest BCUT2D eigenvalue weighted by atomic mass is 32.2. The average molecular weight is 318 g/mol. The molecule has 7 nitrogen and oxygen atoms in total. The quantitative estimate of drug-likeness (QED) is 0.628. The number of carbonyl (C=O) groups excluding carboxylic acids is 1. The molecule has 1 aromatic carbocycles. The lowest BCUT2D eigenvalue weighted by Gasteiger charge is -2.07. The molecule has 0 fully saturated rings. The summed E-state index contributed by atoms with van der Waals surface area (Å²) in [7, 11) is -3.80. The standard InChI is InChI=1S/C12H15FN2O5S/c13-9-1-3-10(4-2-9)21(19,20)15-8-5-11(16)14-7-6-12(17)18/h1-4,15H,5-8H2,(H,14,16)(H,17,18). The number of aliphatic carboxylic acids is 1. The van der Waals surface area contributed by atoms with Crippen molar-refractivity contribution in [3.05, 3.63) is 30.1 Å².